The Morgan fingerprint density at radius 2 is 1.95 bits per heavy atom. The van der Waals surface area contributed by atoms with E-state index in [1.807, 2.05) is 30.3 Å². The quantitative estimate of drug-likeness (QED) is 0.801. The van der Waals surface area contributed by atoms with Crippen LogP contribution in [0.25, 0.3) is 0 Å². The van der Waals surface area contributed by atoms with Crippen LogP contribution >= 0.6 is 15.9 Å². The third-order valence-electron chi connectivity index (χ3n) is 3.47. The molecule has 2 aromatic carbocycles. The van der Waals surface area contributed by atoms with Crippen LogP contribution < -0.4 is 4.74 Å². The molecule has 0 aromatic heterocycles. The Hall–Kier alpha value is -1.32. The van der Waals surface area contributed by atoms with Gasteiger partial charge in [-0.05, 0) is 23.8 Å². The average Bonchev–Trinajstić information content (AvgIpc) is 2.47. The molecule has 0 spiro atoms. The predicted octanol–water partition coefficient (Wildman–Crippen LogP) is 4.66. The molecule has 2 unspecified atom stereocenters. The van der Waals surface area contributed by atoms with Crippen LogP contribution in [-0.2, 0) is 4.74 Å². The molecule has 0 saturated heterocycles. The Bertz CT molecular complexity index is 568. The van der Waals surface area contributed by atoms with Crippen LogP contribution in [0.5, 0.6) is 5.75 Å². The van der Waals surface area contributed by atoms with E-state index in [0.717, 1.165) is 22.2 Å². The molecular formula is C16H15BrO2. The molecule has 0 amide bonds. The smallest absolute Gasteiger partial charge is 0.127 e. The summed E-state index contributed by atoms with van der Waals surface area (Å²) < 4.78 is 12.8. The first-order chi connectivity index (χ1) is 9.28. The summed E-state index contributed by atoms with van der Waals surface area (Å²) in [7, 11) is 1.75. The standard InChI is InChI=1S/C16H15BrO2/c1-18-16-10-15(11-5-3-2-4-6-11)19-14-8-7-12(17)9-13(14)16/h2-9,15-16H,10H2,1H3. The average molecular weight is 319 g/mol. The summed E-state index contributed by atoms with van der Waals surface area (Å²) in [6.45, 7) is 0. The number of halogens is 1. The molecule has 2 aromatic rings. The predicted molar refractivity (Wildman–Crippen MR) is 78.3 cm³/mol. The number of hydrogen-bond acceptors (Lipinski definition) is 2. The third kappa shape index (κ3) is 2.53. The topological polar surface area (TPSA) is 18.5 Å². The first-order valence-corrected chi connectivity index (χ1v) is 7.11. The Morgan fingerprint density at radius 1 is 1.16 bits per heavy atom. The van der Waals surface area contributed by atoms with Crippen LogP contribution in [-0.4, -0.2) is 7.11 Å². The Morgan fingerprint density at radius 3 is 2.68 bits per heavy atom. The first-order valence-electron chi connectivity index (χ1n) is 6.32. The maximum Gasteiger partial charge on any atom is 0.127 e. The fourth-order valence-electron chi connectivity index (χ4n) is 2.50. The van der Waals surface area contributed by atoms with Crippen molar-refractivity contribution >= 4 is 15.9 Å². The second kappa shape index (κ2) is 5.35. The van der Waals surface area contributed by atoms with E-state index in [-0.39, 0.29) is 12.2 Å². The van der Waals surface area contributed by atoms with Crippen molar-refractivity contribution in [2.24, 2.45) is 0 Å². The van der Waals surface area contributed by atoms with Crippen molar-refractivity contribution in [2.75, 3.05) is 7.11 Å². The van der Waals surface area contributed by atoms with Crippen LogP contribution in [0.3, 0.4) is 0 Å². The summed E-state index contributed by atoms with van der Waals surface area (Å²) in [5.41, 5.74) is 2.31. The van der Waals surface area contributed by atoms with Crippen LogP contribution in [0.15, 0.2) is 53.0 Å². The van der Waals surface area contributed by atoms with Crippen LogP contribution in [0, 0.1) is 0 Å². The van der Waals surface area contributed by atoms with E-state index < -0.39 is 0 Å². The Kier molecular flexibility index (Phi) is 3.58. The van der Waals surface area contributed by atoms with Crippen LogP contribution in [0.1, 0.15) is 29.8 Å². The minimum Gasteiger partial charge on any atom is -0.485 e. The molecule has 0 bridgehead atoms. The van der Waals surface area contributed by atoms with Crippen molar-refractivity contribution in [3.05, 3.63) is 64.1 Å². The van der Waals surface area contributed by atoms with Gasteiger partial charge in [0.2, 0.25) is 0 Å². The molecule has 3 rings (SSSR count). The highest BCUT2D eigenvalue weighted by Gasteiger charge is 2.29. The molecule has 2 nitrogen and oxygen atoms in total. The lowest BCUT2D eigenvalue weighted by Gasteiger charge is -2.31. The van der Waals surface area contributed by atoms with Gasteiger partial charge in [0.1, 0.15) is 11.9 Å². The van der Waals surface area contributed by atoms with Gasteiger partial charge >= 0.3 is 0 Å². The van der Waals surface area contributed by atoms with Crippen molar-refractivity contribution in [3.63, 3.8) is 0 Å². The highest BCUT2D eigenvalue weighted by molar-refractivity contribution is 9.10. The SMILES string of the molecule is COC1CC(c2ccccc2)Oc2ccc(Br)cc21. The highest BCUT2D eigenvalue weighted by Crippen LogP contribution is 2.43. The summed E-state index contributed by atoms with van der Waals surface area (Å²) in [6.07, 6.45) is 0.968. The van der Waals surface area contributed by atoms with Crippen molar-refractivity contribution in [1.82, 2.24) is 0 Å². The molecule has 98 valence electrons. The molecule has 19 heavy (non-hydrogen) atoms. The molecule has 0 saturated carbocycles. The van der Waals surface area contributed by atoms with Gasteiger partial charge in [0.25, 0.3) is 0 Å². The molecule has 3 heteroatoms. The van der Waals surface area contributed by atoms with Gasteiger partial charge in [0, 0.05) is 23.6 Å². The largest absolute Gasteiger partial charge is 0.485 e. The van der Waals surface area contributed by atoms with E-state index in [9.17, 15) is 0 Å². The van der Waals surface area contributed by atoms with Gasteiger partial charge in [-0.3, -0.25) is 0 Å². The van der Waals surface area contributed by atoms with Gasteiger partial charge in [0.15, 0.2) is 0 Å². The zero-order valence-corrected chi connectivity index (χ0v) is 12.3. The van der Waals surface area contributed by atoms with Gasteiger partial charge in [0.05, 0.1) is 6.10 Å². The summed E-state index contributed by atoms with van der Waals surface area (Å²) in [4.78, 5) is 0. The number of ether oxygens (including phenoxy) is 2. The fraction of sp³-hybridized carbons (Fsp3) is 0.250. The second-order valence-corrected chi connectivity index (χ2v) is 5.58. The lowest BCUT2D eigenvalue weighted by atomic mass is 9.95. The number of methoxy groups -OCH3 is 1. The van der Waals surface area contributed by atoms with Crippen molar-refractivity contribution in [3.8, 4) is 5.75 Å². The van der Waals surface area contributed by atoms with Gasteiger partial charge < -0.3 is 9.47 Å². The van der Waals surface area contributed by atoms with Gasteiger partial charge in [-0.2, -0.15) is 0 Å². The normalized spacial score (nSPS) is 21.6. The van der Waals surface area contributed by atoms with E-state index in [1.165, 1.54) is 5.56 Å². The van der Waals surface area contributed by atoms with E-state index in [0.29, 0.717) is 0 Å². The van der Waals surface area contributed by atoms with Crippen molar-refractivity contribution in [1.29, 1.82) is 0 Å². The molecule has 2 atom stereocenters. The summed E-state index contributed by atoms with van der Waals surface area (Å²) in [5.74, 6) is 0.912. The van der Waals surface area contributed by atoms with Gasteiger partial charge in [-0.25, -0.2) is 0 Å². The van der Waals surface area contributed by atoms with Crippen molar-refractivity contribution < 1.29 is 9.47 Å². The zero-order valence-electron chi connectivity index (χ0n) is 10.7. The molecule has 1 aliphatic heterocycles. The van der Waals surface area contributed by atoms with E-state index in [4.69, 9.17) is 9.47 Å². The summed E-state index contributed by atoms with van der Waals surface area (Å²) >= 11 is 3.50. The number of rotatable bonds is 2. The molecule has 0 aliphatic carbocycles. The first kappa shape index (κ1) is 12.7. The Labute approximate surface area is 121 Å². The fourth-order valence-corrected chi connectivity index (χ4v) is 2.87. The maximum atomic E-state index is 6.10. The minimum absolute atomic E-state index is 0.0554. The van der Waals surface area contributed by atoms with E-state index in [2.05, 4.69) is 34.1 Å². The molecule has 1 aliphatic rings. The summed E-state index contributed by atoms with van der Waals surface area (Å²) in [6, 6.07) is 16.4. The minimum atomic E-state index is 0.0554. The van der Waals surface area contributed by atoms with E-state index in [1.54, 1.807) is 7.11 Å². The zero-order chi connectivity index (χ0) is 13.2. The number of benzene rings is 2. The van der Waals surface area contributed by atoms with Crippen LogP contribution in [0.2, 0.25) is 0 Å². The molecule has 0 N–H and O–H groups in total. The lowest BCUT2D eigenvalue weighted by Crippen LogP contribution is -2.20. The number of hydrogen-bond donors (Lipinski definition) is 0. The Balaban J connectivity index is 1.96. The highest BCUT2D eigenvalue weighted by atomic mass is 79.9. The van der Waals surface area contributed by atoms with E-state index >= 15 is 0 Å². The van der Waals surface area contributed by atoms with Crippen molar-refractivity contribution in [2.45, 2.75) is 18.6 Å². The molecule has 0 fully saturated rings. The monoisotopic (exact) mass is 318 g/mol. The second-order valence-electron chi connectivity index (χ2n) is 4.66. The summed E-state index contributed by atoms with van der Waals surface area (Å²) in [5, 5.41) is 0. The van der Waals surface area contributed by atoms with Gasteiger partial charge in [-0.1, -0.05) is 46.3 Å². The van der Waals surface area contributed by atoms with Gasteiger partial charge in [-0.15, -0.1) is 0 Å². The van der Waals surface area contributed by atoms with Crippen LogP contribution in [0.4, 0.5) is 0 Å². The number of fused-ring (bicyclic) bond motifs is 1. The molecule has 0 radical (unpaired) electrons. The maximum absolute atomic E-state index is 6.10. The molecular weight excluding hydrogens is 304 g/mol. The molecule has 1 heterocycles. The third-order valence-corrected chi connectivity index (χ3v) is 3.97. The lowest BCUT2D eigenvalue weighted by molar-refractivity contribution is 0.0301.